The molecule has 0 amide bonds. The van der Waals surface area contributed by atoms with Crippen LogP contribution in [0.1, 0.15) is 36.8 Å². The Bertz CT molecular complexity index is 545. The van der Waals surface area contributed by atoms with Crippen molar-refractivity contribution in [3.05, 3.63) is 35.4 Å². The van der Waals surface area contributed by atoms with Crippen LogP contribution in [0.25, 0.3) is 0 Å². The molecule has 2 aliphatic rings. The van der Waals surface area contributed by atoms with E-state index < -0.39 is 11.7 Å². The second kappa shape index (κ2) is 8.60. The van der Waals surface area contributed by atoms with E-state index in [1.165, 1.54) is 11.1 Å². The Balaban J connectivity index is 1.41. The molecule has 2 unspecified atom stereocenters. The van der Waals surface area contributed by atoms with E-state index in [0.717, 1.165) is 39.1 Å². The van der Waals surface area contributed by atoms with E-state index in [9.17, 15) is 10.2 Å². The van der Waals surface area contributed by atoms with Gasteiger partial charge in [0.15, 0.2) is 0 Å². The van der Waals surface area contributed by atoms with Crippen LogP contribution in [0.4, 0.5) is 0 Å². The summed E-state index contributed by atoms with van der Waals surface area (Å²) in [6.45, 7) is 6.79. The third-order valence-electron chi connectivity index (χ3n) is 5.51. The van der Waals surface area contributed by atoms with Crippen LogP contribution in [-0.2, 0) is 11.3 Å². The molecule has 0 bridgehead atoms. The number of hydrogen-bond acceptors (Lipinski definition) is 5. The maximum Gasteiger partial charge on any atom is 0.0951 e. The van der Waals surface area contributed by atoms with Crippen LogP contribution in [0.3, 0.4) is 0 Å². The molecular weight excluding hydrogens is 316 g/mol. The standard InChI is InChI=1S/C20H32N2O3/c1-16-5-4-6-17(11-16)14-22-9-10-25-18(15-22)12-21-13-19(23)20(24)7-2-3-8-20/h4-6,11,18-19,21,23-24H,2-3,7-10,12-15H2,1H3. The van der Waals surface area contributed by atoms with Gasteiger partial charge in [0.05, 0.1) is 24.4 Å². The van der Waals surface area contributed by atoms with Crippen LogP contribution in [0.2, 0.25) is 0 Å². The number of nitrogens with zero attached hydrogens (tertiary/aromatic N) is 1. The average molecular weight is 348 g/mol. The first kappa shape index (κ1) is 18.8. The molecule has 3 rings (SSSR count). The molecule has 5 nitrogen and oxygen atoms in total. The van der Waals surface area contributed by atoms with E-state index in [1.54, 1.807) is 0 Å². The van der Waals surface area contributed by atoms with Crippen molar-refractivity contribution in [2.45, 2.75) is 57.0 Å². The minimum Gasteiger partial charge on any atom is -0.389 e. The topological polar surface area (TPSA) is 65.0 Å². The number of nitrogens with one attached hydrogen (secondary N) is 1. The molecule has 1 saturated heterocycles. The number of aryl methyl sites for hydroxylation is 1. The lowest BCUT2D eigenvalue weighted by Crippen LogP contribution is -2.50. The summed E-state index contributed by atoms with van der Waals surface area (Å²) >= 11 is 0. The molecule has 1 aromatic rings. The molecule has 25 heavy (non-hydrogen) atoms. The normalized spacial score (nSPS) is 25.2. The minimum absolute atomic E-state index is 0.129. The van der Waals surface area contributed by atoms with Crippen molar-refractivity contribution in [3.8, 4) is 0 Å². The van der Waals surface area contributed by atoms with Crippen molar-refractivity contribution in [2.24, 2.45) is 0 Å². The summed E-state index contributed by atoms with van der Waals surface area (Å²) in [5.74, 6) is 0. The van der Waals surface area contributed by atoms with Crippen molar-refractivity contribution >= 4 is 0 Å². The van der Waals surface area contributed by atoms with Gasteiger partial charge in [-0.3, -0.25) is 4.90 Å². The largest absolute Gasteiger partial charge is 0.389 e. The van der Waals surface area contributed by atoms with Crippen LogP contribution in [-0.4, -0.2) is 65.7 Å². The highest BCUT2D eigenvalue weighted by molar-refractivity contribution is 5.22. The molecule has 1 aliphatic carbocycles. The van der Waals surface area contributed by atoms with Crippen molar-refractivity contribution in [1.29, 1.82) is 0 Å². The fraction of sp³-hybridized carbons (Fsp3) is 0.700. The number of rotatable bonds is 7. The van der Waals surface area contributed by atoms with Gasteiger partial charge >= 0.3 is 0 Å². The first-order chi connectivity index (χ1) is 12.0. The lowest BCUT2D eigenvalue weighted by molar-refractivity contribution is -0.0714. The molecule has 2 fully saturated rings. The Morgan fingerprint density at radius 3 is 2.92 bits per heavy atom. The number of benzene rings is 1. The third kappa shape index (κ3) is 5.25. The molecule has 1 heterocycles. The Hall–Kier alpha value is -0.980. The quantitative estimate of drug-likeness (QED) is 0.696. The van der Waals surface area contributed by atoms with Crippen LogP contribution < -0.4 is 5.32 Å². The number of morpholine rings is 1. The lowest BCUT2D eigenvalue weighted by Gasteiger charge is -2.34. The maximum absolute atomic E-state index is 10.4. The van der Waals surface area contributed by atoms with Crippen LogP contribution in [0, 0.1) is 6.92 Å². The van der Waals surface area contributed by atoms with Crippen molar-refractivity contribution in [1.82, 2.24) is 10.2 Å². The molecule has 5 heteroatoms. The lowest BCUT2D eigenvalue weighted by atomic mass is 9.95. The smallest absolute Gasteiger partial charge is 0.0951 e. The number of aliphatic hydroxyl groups is 2. The fourth-order valence-corrected chi connectivity index (χ4v) is 4.01. The molecule has 1 aromatic carbocycles. The monoisotopic (exact) mass is 348 g/mol. The Kier molecular flexibility index (Phi) is 6.47. The molecule has 0 radical (unpaired) electrons. The zero-order valence-electron chi connectivity index (χ0n) is 15.3. The summed E-state index contributed by atoms with van der Waals surface area (Å²) in [7, 11) is 0. The summed E-state index contributed by atoms with van der Waals surface area (Å²) in [5.41, 5.74) is 1.74. The van der Waals surface area contributed by atoms with Gasteiger partial charge in [-0.1, -0.05) is 42.7 Å². The summed E-state index contributed by atoms with van der Waals surface area (Å²) in [4.78, 5) is 2.42. The van der Waals surface area contributed by atoms with E-state index in [0.29, 0.717) is 25.9 Å². The molecule has 1 saturated carbocycles. The zero-order valence-corrected chi connectivity index (χ0v) is 15.3. The molecular formula is C20H32N2O3. The highest BCUT2D eigenvalue weighted by atomic mass is 16.5. The molecule has 3 N–H and O–H groups in total. The summed E-state index contributed by atoms with van der Waals surface area (Å²) in [6.07, 6.45) is 2.87. The van der Waals surface area contributed by atoms with Crippen molar-refractivity contribution in [3.63, 3.8) is 0 Å². The minimum atomic E-state index is -0.891. The average Bonchev–Trinajstić information content (AvgIpc) is 3.03. The van der Waals surface area contributed by atoms with E-state index in [1.807, 2.05) is 0 Å². The van der Waals surface area contributed by atoms with E-state index >= 15 is 0 Å². The SMILES string of the molecule is Cc1cccc(CN2CCOC(CNCC(O)C3(O)CCCC3)C2)c1. The number of aliphatic hydroxyl groups excluding tert-OH is 1. The zero-order chi connectivity index (χ0) is 17.7. The van der Waals surface area contributed by atoms with Gasteiger partial charge in [-0.15, -0.1) is 0 Å². The van der Waals surface area contributed by atoms with Gasteiger partial charge in [0, 0.05) is 32.7 Å². The number of ether oxygens (including phenoxy) is 1. The van der Waals surface area contributed by atoms with Crippen LogP contribution >= 0.6 is 0 Å². The van der Waals surface area contributed by atoms with E-state index in [4.69, 9.17) is 4.74 Å². The van der Waals surface area contributed by atoms with Gasteiger partial charge in [-0.05, 0) is 25.3 Å². The van der Waals surface area contributed by atoms with Gasteiger partial charge < -0.3 is 20.3 Å². The van der Waals surface area contributed by atoms with Crippen LogP contribution in [0.15, 0.2) is 24.3 Å². The summed E-state index contributed by atoms with van der Waals surface area (Å²) in [6, 6.07) is 8.65. The summed E-state index contributed by atoms with van der Waals surface area (Å²) < 4.78 is 5.85. The maximum atomic E-state index is 10.4. The predicted octanol–water partition coefficient (Wildman–Crippen LogP) is 1.45. The van der Waals surface area contributed by atoms with Gasteiger partial charge in [-0.2, -0.15) is 0 Å². The number of hydrogen-bond donors (Lipinski definition) is 3. The first-order valence-electron chi connectivity index (χ1n) is 9.56. The molecule has 2 atom stereocenters. The molecule has 0 spiro atoms. The molecule has 0 aromatic heterocycles. The fourth-order valence-electron chi connectivity index (χ4n) is 4.01. The van der Waals surface area contributed by atoms with Crippen molar-refractivity contribution in [2.75, 3.05) is 32.8 Å². The highest BCUT2D eigenvalue weighted by Crippen LogP contribution is 2.32. The first-order valence-corrected chi connectivity index (χ1v) is 9.56. The van der Waals surface area contributed by atoms with Crippen LogP contribution in [0.5, 0.6) is 0 Å². The third-order valence-corrected chi connectivity index (χ3v) is 5.51. The highest BCUT2D eigenvalue weighted by Gasteiger charge is 2.38. The van der Waals surface area contributed by atoms with E-state index in [2.05, 4.69) is 41.4 Å². The Morgan fingerprint density at radius 2 is 2.16 bits per heavy atom. The van der Waals surface area contributed by atoms with E-state index in [-0.39, 0.29) is 6.10 Å². The second-order valence-corrected chi connectivity index (χ2v) is 7.70. The van der Waals surface area contributed by atoms with Gasteiger partial charge in [0.2, 0.25) is 0 Å². The second-order valence-electron chi connectivity index (χ2n) is 7.70. The summed E-state index contributed by atoms with van der Waals surface area (Å²) in [5, 5.41) is 23.9. The van der Waals surface area contributed by atoms with Gasteiger partial charge in [-0.25, -0.2) is 0 Å². The Morgan fingerprint density at radius 1 is 1.36 bits per heavy atom. The Labute approximate surface area is 151 Å². The predicted molar refractivity (Wildman–Crippen MR) is 98.5 cm³/mol. The molecule has 140 valence electrons. The molecule has 1 aliphatic heterocycles. The van der Waals surface area contributed by atoms with Gasteiger partial charge in [0.1, 0.15) is 0 Å². The van der Waals surface area contributed by atoms with Crippen molar-refractivity contribution < 1.29 is 14.9 Å². The van der Waals surface area contributed by atoms with Gasteiger partial charge in [0.25, 0.3) is 0 Å².